The third-order valence-electron chi connectivity index (χ3n) is 3.32. The number of piperazine rings is 1. The minimum Gasteiger partial charge on any atom is -0.375 e. The second-order valence-corrected chi connectivity index (χ2v) is 5.54. The first kappa shape index (κ1) is 11.0. The summed E-state index contributed by atoms with van der Waals surface area (Å²) in [6.45, 7) is 3.17. The highest BCUT2D eigenvalue weighted by Gasteiger charge is 2.20. The number of nitrogens with one attached hydrogen (secondary N) is 1. The van der Waals surface area contributed by atoms with Crippen molar-refractivity contribution in [3.8, 4) is 0 Å². The maximum absolute atomic E-state index is 5.73. The molecule has 1 aromatic carbocycles. The van der Waals surface area contributed by atoms with Crippen LogP contribution in [-0.2, 0) is 0 Å². The van der Waals surface area contributed by atoms with Crippen molar-refractivity contribution in [3.05, 3.63) is 23.8 Å². The van der Waals surface area contributed by atoms with E-state index in [1.807, 2.05) is 0 Å². The molecule has 1 aromatic heterocycles. The van der Waals surface area contributed by atoms with Gasteiger partial charge in [-0.3, -0.25) is 4.90 Å². The maximum atomic E-state index is 5.73. The fourth-order valence-corrected chi connectivity index (χ4v) is 3.13. The Bertz CT molecular complexity index is 536. The summed E-state index contributed by atoms with van der Waals surface area (Å²) in [7, 11) is 2.18. The van der Waals surface area contributed by atoms with E-state index >= 15 is 0 Å². The zero-order chi connectivity index (χ0) is 11.8. The van der Waals surface area contributed by atoms with Gasteiger partial charge in [0, 0.05) is 25.7 Å². The van der Waals surface area contributed by atoms with E-state index in [4.69, 9.17) is 5.73 Å². The summed E-state index contributed by atoms with van der Waals surface area (Å²) < 4.78 is 1.18. The van der Waals surface area contributed by atoms with Crippen molar-refractivity contribution in [1.29, 1.82) is 0 Å². The second kappa shape index (κ2) is 4.25. The highest BCUT2D eigenvalue weighted by atomic mass is 32.1. The summed E-state index contributed by atoms with van der Waals surface area (Å²) in [6, 6.07) is 6.91. The van der Waals surface area contributed by atoms with Crippen LogP contribution in [0.15, 0.2) is 18.2 Å². The molecule has 0 bridgehead atoms. The first-order valence-electron chi connectivity index (χ1n) is 5.81. The molecule has 1 aliphatic rings. The van der Waals surface area contributed by atoms with E-state index in [9.17, 15) is 0 Å². The van der Waals surface area contributed by atoms with Crippen LogP contribution >= 0.6 is 11.3 Å². The number of rotatable bonds is 1. The van der Waals surface area contributed by atoms with Crippen molar-refractivity contribution in [1.82, 2.24) is 15.2 Å². The summed E-state index contributed by atoms with van der Waals surface area (Å²) in [5.41, 5.74) is 8.08. The average Bonchev–Trinajstić information content (AvgIpc) is 2.68. The first-order chi connectivity index (χ1) is 8.24. The predicted molar refractivity (Wildman–Crippen MR) is 72.3 cm³/mol. The van der Waals surface area contributed by atoms with Gasteiger partial charge >= 0.3 is 0 Å². The quantitative estimate of drug-likeness (QED) is 0.802. The molecule has 1 fully saturated rings. The Labute approximate surface area is 104 Å². The van der Waals surface area contributed by atoms with Crippen LogP contribution in [0.4, 0.5) is 5.13 Å². The van der Waals surface area contributed by atoms with Gasteiger partial charge in [-0.2, -0.15) is 0 Å². The summed E-state index contributed by atoms with van der Waals surface area (Å²) >= 11 is 1.56. The van der Waals surface area contributed by atoms with Crippen molar-refractivity contribution in [2.45, 2.75) is 6.04 Å². The molecule has 1 unspecified atom stereocenters. The van der Waals surface area contributed by atoms with Gasteiger partial charge in [-0.15, -0.1) is 0 Å². The Kier molecular flexibility index (Phi) is 2.74. The first-order valence-corrected chi connectivity index (χ1v) is 6.62. The maximum Gasteiger partial charge on any atom is 0.181 e. The van der Waals surface area contributed by atoms with Crippen molar-refractivity contribution in [2.24, 2.45) is 0 Å². The van der Waals surface area contributed by atoms with Crippen LogP contribution in [0.25, 0.3) is 10.2 Å². The third-order valence-corrected chi connectivity index (χ3v) is 4.17. The number of anilines is 1. The molecule has 1 atom stereocenters. The topological polar surface area (TPSA) is 54.2 Å². The van der Waals surface area contributed by atoms with E-state index in [1.165, 1.54) is 10.3 Å². The normalized spacial score (nSPS) is 22.1. The van der Waals surface area contributed by atoms with Gasteiger partial charge in [0.15, 0.2) is 5.13 Å². The number of hydrogen-bond donors (Lipinski definition) is 2. The number of hydrogen-bond acceptors (Lipinski definition) is 5. The lowest BCUT2D eigenvalue weighted by Gasteiger charge is -2.33. The number of fused-ring (bicyclic) bond motifs is 1. The number of benzene rings is 1. The molecule has 17 heavy (non-hydrogen) atoms. The van der Waals surface area contributed by atoms with E-state index in [1.54, 1.807) is 11.3 Å². The van der Waals surface area contributed by atoms with Crippen LogP contribution in [0.3, 0.4) is 0 Å². The zero-order valence-electron chi connectivity index (χ0n) is 9.81. The molecule has 0 saturated carbocycles. The average molecular weight is 248 g/mol. The lowest BCUT2D eigenvalue weighted by Crippen LogP contribution is -2.43. The van der Waals surface area contributed by atoms with Crippen LogP contribution < -0.4 is 11.1 Å². The van der Waals surface area contributed by atoms with Gasteiger partial charge in [0.1, 0.15) is 0 Å². The largest absolute Gasteiger partial charge is 0.375 e. The van der Waals surface area contributed by atoms with Gasteiger partial charge in [0.2, 0.25) is 0 Å². The molecule has 5 heteroatoms. The molecule has 2 heterocycles. The van der Waals surface area contributed by atoms with E-state index < -0.39 is 0 Å². The fraction of sp³-hybridized carbons (Fsp3) is 0.417. The summed E-state index contributed by atoms with van der Waals surface area (Å²) in [4.78, 5) is 6.68. The molecular formula is C12H16N4S. The van der Waals surface area contributed by atoms with E-state index in [0.717, 1.165) is 25.2 Å². The van der Waals surface area contributed by atoms with Gasteiger partial charge in [-0.25, -0.2) is 4.98 Å². The van der Waals surface area contributed by atoms with Crippen LogP contribution in [-0.4, -0.2) is 36.6 Å². The number of likely N-dealkylation sites (N-methyl/N-ethyl adjacent to an activating group) is 1. The van der Waals surface area contributed by atoms with Crippen LogP contribution in [0, 0.1) is 0 Å². The van der Waals surface area contributed by atoms with E-state index in [0.29, 0.717) is 11.2 Å². The van der Waals surface area contributed by atoms with Gasteiger partial charge in [0.05, 0.1) is 10.2 Å². The van der Waals surface area contributed by atoms with Gasteiger partial charge in [-0.05, 0) is 24.7 Å². The molecule has 1 saturated heterocycles. The van der Waals surface area contributed by atoms with Crippen molar-refractivity contribution in [3.63, 3.8) is 0 Å². The van der Waals surface area contributed by atoms with E-state index in [2.05, 4.69) is 40.4 Å². The SMILES string of the molecule is CN1CCNCC1c1ccc2nc(N)sc2c1. The Balaban J connectivity index is 1.98. The van der Waals surface area contributed by atoms with Crippen LogP contribution in [0.5, 0.6) is 0 Å². The minimum atomic E-state index is 0.455. The molecule has 2 aromatic rings. The summed E-state index contributed by atoms with van der Waals surface area (Å²) in [5, 5.41) is 4.08. The standard InChI is InChI=1S/C12H16N4S/c1-16-5-4-14-7-10(16)8-2-3-9-11(6-8)17-12(13)15-9/h2-3,6,10,14H,4-5,7H2,1H3,(H2,13,15). The van der Waals surface area contributed by atoms with Gasteiger partial charge in [0.25, 0.3) is 0 Å². The predicted octanol–water partition coefficient (Wildman–Crippen LogP) is 1.45. The number of nitrogens with two attached hydrogens (primary N) is 1. The van der Waals surface area contributed by atoms with Gasteiger partial charge < -0.3 is 11.1 Å². The molecule has 90 valence electrons. The lowest BCUT2D eigenvalue weighted by atomic mass is 10.0. The molecule has 4 nitrogen and oxygen atoms in total. The number of thiazole rings is 1. The molecular weight excluding hydrogens is 232 g/mol. The minimum absolute atomic E-state index is 0.455. The van der Waals surface area contributed by atoms with E-state index in [-0.39, 0.29) is 0 Å². The molecule has 3 N–H and O–H groups in total. The molecule has 0 aliphatic carbocycles. The number of nitrogens with zero attached hydrogens (tertiary/aromatic N) is 2. The van der Waals surface area contributed by atoms with Gasteiger partial charge in [-0.1, -0.05) is 17.4 Å². The van der Waals surface area contributed by atoms with Crippen LogP contribution in [0.1, 0.15) is 11.6 Å². The monoisotopic (exact) mass is 248 g/mol. The highest BCUT2D eigenvalue weighted by Crippen LogP contribution is 2.28. The number of nitrogen functional groups attached to an aromatic ring is 1. The summed E-state index contributed by atoms with van der Waals surface area (Å²) in [6.07, 6.45) is 0. The zero-order valence-corrected chi connectivity index (χ0v) is 10.6. The van der Waals surface area contributed by atoms with Crippen molar-refractivity contribution < 1.29 is 0 Å². The fourth-order valence-electron chi connectivity index (χ4n) is 2.34. The Morgan fingerprint density at radius 2 is 2.41 bits per heavy atom. The van der Waals surface area contributed by atoms with Crippen molar-refractivity contribution >= 4 is 26.7 Å². The molecule has 3 rings (SSSR count). The Morgan fingerprint density at radius 1 is 1.53 bits per heavy atom. The Hall–Kier alpha value is -1.17. The Morgan fingerprint density at radius 3 is 3.24 bits per heavy atom. The molecule has 0 radical (unpaired) electrons. The lowest BCUT2D eigenvalue weighted by molar-refractivity contribution is 0.202. The van der Waals surface area contributed by atoms with Crippen LogP contribution in [0.2, 0.25) is 0 Å². The number of aromatic nitrogens is 1. The molecule has 1 aliphatic heterocycles. The van der Waals surface area contributed by atoms with Crippen molar-refractivity contribution in [2.75, 3.05) is 32.4 Å². The molecule has 0 spiro atoms. The highest BCUT2D eigenvalue weighted by molar-refractivity contribution is 7.22. The smallest absolute Gasteiger partial charge is 0.181 e. The summed E-state index contributed by atoms with van der Waals surface area (Å²) in [5.74, 6) is 0. The molecule has 0 amide bonds. The third kappa shape index (κ3) is 2.01. The second-order valence-electron chi connectivity index (χ2n) is 4.48.